The normalized spacial score (nSPS) is 17.4. The van der Waals surface area contributed by atoms with Crippen LogP contribution in [0.5, 0.6) is 0 Å². The molecule has 0 spiro atoms. The van der Waals surface area contributed by atoms with Gasteiger partial charge in [-0.2, -0.15) is 0 Å². The molecular weight excluding hydrogens is 313 g/mol. The summed E-state index contributed by atoms with van der Waals surface area (Å²) in [6, 6.07) is 16.9. The number of para-hydroxylation sites is 1. The van der Waals surface area contributed by atoms with E-state index in [1.807, 2.05) is 6.07 Å². The van der Waals surface area contributed by atoms with Crippen LogP contribution in [0.25, 0.3) is 0 Å². The zero-order chi connectivity index (χ0) is 17.0. The molecule has 1 heterocycles. The van der Waals surface area contributed by atoms with Crippen molar-refractivity contribution < 1.29 is 4.79 Å². The zero-order valence-corrected chi connectivity index (χ0v) is 15.8. The van der Waals surface area contributed by atoms with Crippen LogP contribution in [0.2, 0.25) is 0 Å². The summed E-state index contributed by atoms with van der Waals surface area (Å²) < 4.78 is 0. The van der Waals surface area contributed by atoms with Gasteiger partial charge in [-0.05, 0) is 0 Å². The minimum atomic E-state index is -1.54. The summed E-state index contributed by atoms with van der Waals surface area (Å²) >= 11 is 0. The van der Waals surface area contributed by atoms with Crippen LogP contribution in [-0.4, -0.2) is 24.4 Å². The van der Waals surface area contributed by atoms with Crippen LogP contribution in [0.4, 0.5) is 5.69 Å². The second kappa shape index (κ2) is 7.49. The van der Waals surface area contributed by atoms with E-state index in [9.17, 15) is 4.79 Å². The quantitative estimate of drug-likeness (QED) is 0.763. The predicted octanol–water partition coefficient (Wildman–Crippen LogP) is 4.99. The Morgan fingerprint density at radius 3 is 2.21 bits per heavy atom. The second-order valence-electron chi connectivity index (χ2n) is 7.36. The number of benzene rings is 2. The van der Waals surface area contributed by atoms with Crippen LogP contribution in [0.15, 0.2) is 48.5 Å². The molecule has 2 aromatic carbocycles. The molecule has 24 heavy (non-hydrogen) atoms. The molecule has 0 radical (unpaired) electrons. The molecule has 0 aromatic heterocycles. The Labute approximate surface area is 146 Å². The Bertz CT molecular complexity index is 685. The average molecular weight is 341 g/mol. The van der Waals surface area contributed by atoms with E-state index in [2.05, 4.69) is 61.6 Å². The Hall–Kier alpha value is -1.66. The molecule has 1 saturated heterocycles. The summed E-state index contributed by atoms with van der Waals surface area (Å²) in [6.45, 7) is 4.13. The van der Waals surface area contributed by atoms with Crippen LogP contribution in [0.3, 0.4) is 0 Å². The predicted molar refractivity (Wildman–Crippen MR) is 107 cm³/mol. The second-order valence-corrected chi connectivity index (χ2v) is 12.1. The van der Waals surface area contributed by atoms with Crippen LogP contribution in [-0.2, 0) is 11.0 Å². The summed E-state index contributed by atoms with van der Waals surface area (Å²) in [6.07, 6.45) is 7.10. The van der Waals surface area contributed by atoms with Crippen molar-refractivity contribution in [3.63, 3.8) is 0 Å². The number of carbonyl (C=O) groups is 1. The molecule has 2 aromatic rings. The first-order chi connectivity index (χ1) is 11.6. The molecule has 1 fully saturated rings. The number of amides is 1. The summed E-state index contributed by atoms with van der Waals surface area (Å²) in [5, 5.41) is 3.21. The molecule has 3 rings (SSSR count). The summed E-state index contributed by atoms with van der Waals surface area (Å²) in [4.78, 5) is 12.8. The molecule has 1 N–H and O–H groups in total. The van der Waals surface area contributed by atoms with Crippen molar-refractivity contribution in [1.29, 1.82) is 0 Å². The van der Waals surface area contributed by atoms with E-state index in [0.717, 1.165) is 29.1 Å². The van der Waals surface area contributed by atoms with E-state index in [0.29, 0.717) is 0 Å². The molecule has 3 heteroatoms. The maximum atomic E-state index is 12.8. The van der Waals surface area contributed by atoms with E-state index in [4.69, 9.17) is 0 Å². The molecule has 0 unspecified atom stereocenters. The number of carbonyl (C=O) groups excluding carboxylic acids is 1. The van der Waals surface area contributed by atoms with Crippen LogP contribution >= 0.6 is 7.26 Å². The van der Waals surface area contributed by atoms with Crippen LogP contribution < -0.4 is 5.32 Å². The van der Waals surface area contributed by atoms with E-state index in [1.165, 1.54) is 30.7 Å². The molecule has 2 nitrogen and oxygen atoms in total. The fourth-order valence-corrected chi connectivity index (χ4v) is 9.06. The Morgan fingerprint density at radius 2 is 1.58 bits per heavy atom. The van der Waals surface area contributed by atoms with Crippen LogP contribution in [0, 0.1) is 13.8 Å². The van der Waals surface area contributed by atoms with Gasteiger partial charge in [-0.15, -0.1) is 0 Å². The molecule has 1 aliphatic rings. The van der Waals surface area contributed by atoms with Crippen molar-refractivity contribution in [3.8, 4) is 0 Å². The first kappa shape index (κ1) is 17.2. The minimum absolute atomic E-state index is 0.219. The van der Waals surface area contributed by atoms with E-state index >= 15 is 0 Å². The molecule has 0 bridgehead atoms. The molecule has 0 atom stereocenters. The van der Waals surface area contributed by atoms with Gasteiger partial charge in [-0.3, -0.25) is 0 Å². The fraction of sp³-hybridized carbons (Fsp3) is 0.381. The molecule has 128 valence electrons. The number of hydrogen-bond acceptors (Lipinski definition) is 1. The zero-order valence-electron chi connectivity index (χ0n) is 14.8. The summed E-state index contributed by atoms with van der Waals surface area (Å²) in [5.74, 6) is 0.219. The van der Waals surface area contributed by atoms with Gasteiger partial charge in [0.05, 0.1) is 0 Å². The van der Waals surface area contributed by atoms with Gasteiger partial charge in [-0.1, -0.05) is 0 Å². The number of hydrogen-bond donors (Lipinski definition) is 1. The van der Waals surface area contributed by atoms with Gasteiger partial charge in [0.1, 0.15) is 0 Å². The van der Waals surface area contributed by atoms with Gasteiger partial charge in [0.2, 0.25) is 0 Å². The Morgan fingerprint density at radius 1 is 0.958 bits per heavy atom. The van der Waals surface area contributed by atoms with Crippen molar-refractivity contribution in [1.82, 2.24) is 0 Å². The SMILES string of the molecule is Cc1cccc(C)c1NC(=O)C[PH]1(Cc2ccccc2)CCCC1. The number of anilines is 1. The monoisotopic (exact) mass is 341 g/mol. The third kappa shape index (κ3) is 4.05. The van der Waals surface area contributed by atoms with E-state index < -0.39 is 7.26 Å². The summed E-state index contributed by atoms with van der Waals surface area (Å²) in [5.41, 5.74) is 4.71. The van der Waals surface area contributed by atoms with Gasteiger partial charge in [-0.25, -0.2) is 0 Å². The third-order valence-corrected chi connectivity index (χ3v) is 10.4. The van der Waals surface area contributed by atoms with Crippen molar-refractivity contribution in [2.75, 3.05) is 23.8 Å². The van der Waals surface area contributed by atoms with Crippen molar-refractivity contribution in [3.05, 3.63) is 65.2 Å². The first-order valence-corrected chi connectivity index (χ1v) is 11.8. The number of rotatable bonds is 5. The first-order valence-electron chi connectivity index (χ1n) is 8.98. The number of aryl methyl sites for hydroxylation is 2. The van der Waals surface area contributed by atoms with Crippen molar-refractivity contribution in [2.24, 2.45) is 0 Å². The van der Waals surface area contributed by atoms with Gasteiger partial charge >= 0.3 is 146 Å². The average Bonchev–Trinajstić information content (AvgIpc) is 3.00. The Kier molecular flexibility index (Phi) is 5.36. The van der Waals surface area contributed by atoms with Gasteiger partial charge in [0.15, 0.2) is 0 Å². The number of nitrogens with one attached hydrogen (secondary N) is 1. The van der Waals surface area contributed by atoms with Crippen molar-refractivity contribution in [2.45, 2.75) is 32.9 Å². The van der Waals surface area contributed by atoms with Gasteiger partial charge in [0, 0.05) is 0 Å². The van der Waals surface area contributed by atoms with Crippen LogP contribution in [0.1, 0.15) is 29.5 Å². The maximum absolute atomic E-state index is 12.8. The molecule has 1 amide bonds. The van der Waals surface area contributed by atoms with Gasteiger partial charge < -0.3 is 0 Å². The molecule has 0 saturated carbocycles. The van der Waals surface area contributed by atoms with E-state index in [-0.39, 0.29) is 5.91 Å². The molecule has 1 aliphatic heterocycles. The third-order valence-electron chi connectivity index (χ3n) is 5.37. The van der Waals surface area contributed by atoms with Gasteiger partial charge in [0.25, 0.3) is 0 Å². The summed E-state index contributed by atoms with van der Waals surface area (Å²) in [7, 11) is -1.54. The topological polar surface area (TPSA) is 29.1 Å². The van der Waals surface area contributed by atoms with E-state index in [1.54, 1.807) is 0 Å². The van der Waals surface area contributed by atoms with Crippen molar-refractivity contribution >= 4 is 18.9 Å². The Balaban J connectivity index is 1.73. The standard InChI is InChI=1S/C21H28NOP/c1-17-9-8-10-18(2)21(17)22-20(23)16-24(13-6-7-14-24)15-19-11-4-3-5-12-19/h3-5,8-12,24H,6-7,13-16H2,1-2H3,(H,22,23). The fourth-order valence-electron chi connectivity index (χ4n) is 4.11. The molecule has 0 aliphatic carbocycles. The molecular formula is C21H28NOP.